The zero-order chi connectivity index (χ0) is 15.7. The number of anilines is 1. The molecule has 0 bridgehead atoms. The van der Waals surface area contributed by atoms with Gasteiger partial charge in [-0.05, 0) is 24.3 Å². The van der Waals surface area contributed by atoms with Crippen molar-refractivity contribution in [1.82, 2.24) is 14.6 Å². The molecule has 0 aliphatic heterocycles. The smallest absolute Gasteiger partial charge is 0.406 e. The van der Waals surface area contributed by atoms with Crippen LogP contribution >= 0.6 is 0 Å². The Morgan fingerprint density at radius 1 is 1.14 bits per heavy atom. The molecule has 3 aromatic rings. The van der Waals surface area contributed by atoms with Gasteiger partial charge in [-0.1, -0.05) is 12.1 Å². The number of imidazole rings is 1. The van der Waals surface area contributed by atoms with E-state index in [9.17, 15) is 17.7 Å². The van der Waals surface area contributed by atoms with Crippen LogP contribution < -0.4 is 10.3 Å². The molecule has 0 amide bonds. The van der Waals surface area contributed by atoms with Crippen molar-refractivity contribution in [2.45, 2.75) is 6.36 Å². The van der Waals surface area contributed by atoms with Crippen LogP contribution in [0.1, 0.15) is 0 Å². The normalized spacial score (nSPS) is 11.6. The predicted molar refractivity (Wildman–Crippen MR) is 69.8 cm³/mol. The van der Waals surface area contributed by atoms with Gasteiger partial charge in [-0.15, -0.1) is 22.8 Å². The highest BCUT2D eigenvalue weighted by Crippen LogP contribution is 2.28. The third kappa shape index (κ3) is 2.78. The van der Waals surface area contributed by atoms with Gasteiger partial charge in [0.2, 0.25) is 0 Å². The van der Waals surface area contributed by atoms with E-state index in [-0.39, 0.29) is 11.6 Å². The number of ether oxygens (including phenoxy) is 1. The Hall–Kier alpha value is -2.84. The number of nitrogens with zero attached hydrogens (tertiary/aromatic N) is 3. The number of fused-ring (bicyclic) bond motifs is 1. The van der Waals surface area contributed by atoms with Gasteiger partial charge in [-0.2, -0.15) is 0 Å². The fourth-order valence-corrected chi connectivity index (χ4v) is 1.97. The maximum Gasteiger partial charge on any atom is 0.573 e. The molecule has 3 rings (SSSR count). The minimum Gasteiger partial charge on any atom is -0.406 e. The van der Waals surface area contributed by atoms with Gasteiger partial charge in [0.25, 0.3) is 0 Å². The van der Waals surface area contributed by atoms with Gasteiger partial charge < -0.3 is 4.74 Å². The monoisotopic (exact) mass is 312 g/mol. The van der Waals surface area contributed by atoms with Crippen LogP contribution in [0.15, 0.2) is 42.6 Å². The van der Waals surface area contributed by atoms with Crippen LogP contribution in [0.2, 0.25) is 0 Å². The zero-order valence-corrected chi connectivity index (χ0v) is 10.8. The molecule has 0 aliphatic carbocycles. The molecule has 0 fully saturated rings. The Morgan fingerprint density at radius 3 is 2.68 bits per heavy atom. The lowest BCUT2D eigenvalue weighted by atomic mass is 10.1. The summed E-state index contributed by atoms with van der Waals surface area (Å²) < 4.78 is 54.4. The first-order valence-electron chi connectivity index (χ1n) is 6.04. The van der Waals surface area contributed by atoms with Crippen molar-refractivity contribution in [2.75, 3.05) is 5.54 Å². The lowest BCUT2D eigenvalue weighted by Gasteiger charge is -2.09. The van der Waals surface area contributed by atoms with Gasteiger partial charge in [0.15, 0.2) is 11.5 Å². The van der Waals surface area contributed by atoms with Crippen LogP contribution in [0.25, 0.3) is 16.9 Å². The Bertz CT molecular complexity index is 815. The van der Waals surface area contributed by atoms with Crippen LogP contribution in [-0.4, -0.2) is 21.0 Å². The largest absolute Gasteiger partial charge is 0.573 e. The highest BCUT2D eigenvalue weighted by atomic mass is 19.4. The number of alkyl halides is 3. The first-order valence-corrected chi connectivity index (χ1v) is 6.04. The fourth-order valence-electron chi connectivity index (χ4n) is 1.97. The van der Waals surface area contributed by atoms with Crippen LogP contribution in [0.5, 0.6) is 5.75 Å². The van der Waals surface area contributed by atoms with E-state index in [1.54, 1.807) is 6.07 Å². The molecule has 0 spiro atoms. The summed E-state index contributed by atoms with van der Waals surface area (Å²) in [4.78, 5) is 4.06. The van der Waals surface area contributed by atoms with Crippen molar-refractivity contribution >= 4 is 11.5 Å². The van der Waals surface area contributed by atoms with E-state index in [4.69, 9.17) is 0 Å². The number of halogens is 4. The third-order valence-electron chi connectivity index (χ3n) is 2.82. The summed E-state index contributed by atoms with van der Waals surface area (Å²) in [6, 6.07) is 8.27. The summed E-state index contributed by atoms with van der Waals surface area (Å²) in [6.45, 7) is 0. The van der Waals surface area contributed by atoms with Crippen LogP contribution in [-0.2, 0) is 0 Å². The highest BCUT2D eigenvalue weighted by molar-refractivity contribution is 5.65. The molecular formula is C13H8F4N4O. The lowest BCUT2D eigenvalue weighted by Crippen LogP contribution is -2.17. The maximum atomic E-state index is 12.5. The van der Waals surface area contributed by atoms with E-state index >= 15 is 0 Å². The second-order valence-corrected chi connectivity index (χ2v) is 4.30. The van der Waals surface area contributed by atoms with Gasteiger partial charge in [0, 0.05) is 5.56 Å². The lowest BCUT2D eigenvalue weighted by molar-refractivity contribution is -0.274. The van der Waals surface area contributed by atoms with Crippen molar-refractivity contribution in [3.05, 3.63) is 42.6 Å². The molecule has 5 nitrogen and oxygen atoms in total. The molecule has 2 aromatic heterocycles. The summed E-state index contributed by atoms with van der Waals surface area (Å²) in [5.74, 6) is -0.408. The molecule has 1 N–H and O–H groups in total. The minimum absolute atomic E-state index is 0.0468. The van der Waals surface area contributed by atoms with E-state index in [0.29, 0.717) is 16.9 Å². The number of hydrogen-bond acceptors (Lipinski definition) is 4. The summed E-state index contributed by atoms with van der Waals surface area (Å²) in [6.07, 6.45) is -3.35. The van der Waals surface area contributed by atoms with Crippen LogP contribution in [0.3, 0.4) is 0 Å². The van der Waals surface area contributed by atoms with Crippen LogP contribution in [0.4, 0.5) is 23.5 Å². The van der Waals surface area contributed by atoms with Gasteiger partial charge in [0.05, 0.1) is 11.9 Å². The topological polar surface area (TPSA) is 51.5 Å². The first kappa shape index (κ1) is 14.1. The Kier molecular flexibility index (Phi) is 3.32. The second-order valence-electron chi connectivity index (χ2n) is 4.30. The number of rotatable bonds is 3. The average molecular weight is 312 g/mol. The fraction of sp³-hybridized carbons (Fsp3) is 0.0769. The Labute approximate surface area is 121 Å². The van der Waals surface area contributed by atoms with E-state index in [1.807, 2.05) is 0 Å². The SMILES string of the molecule is FNc1ccc2ncc(-c3cccc(OC(F)(F)F)c3)n2n1. The Balaban J connectivity index is 2.05. The van der Waals surface area contributed by atoms with E-state index in [0.717, 1.165) is 0 Å². The molecule has 9 heteroatoms. The second kappa shape index (κ2) is 5.17. The summed E-state index contributed by atoms with van der Waals surface area (Å²) in [5, 5.41) is 3.94. The molecule has 0 unspecified atom stereocenters. The van der Waals surface area contributed by atoms with Crippen molar-refractivity contribution in [3.8, 4) is 17.0 Å². The molecule has 0 saturated heterocycles. The van der Waals surface area contributed by atoms with E-state index in [1.165, 1.54) is 46.6 Å². The molecule has 0 radical (unpaired) electrons. The maximum absolute atomic E-state index is 12.5. The quantitative estimate of drug-likeness (QED) is 0.593. The van der Waals surface area contributed by atoms with Crippen molar-refractivity contribution in [3.63, 3.8) is 0 Å². The molecule has 0 atom stereocenters. The number of aromatic nitrogens is 3. The van der Waals surface area contributed by atoms with Gasteiger partial charge in [-0.3, -0.25) is 0 Å². The number of benzene rings is 1. The van der Waals surface area contributed by atoms with Gasteiger partial charge in [0.1, 0.15) is 5.75 Å². The highest BCUT2D eigenvalue weighted by Gasteiger charge is 2.31. The first-order chi connectivity index (χ1) is 10.5. The van der Waals surface area contributed by atoms with Crippen LogP contribution in [0, 0.1) is 0 Å². The molecule has 0 saturated carbocycles. The predicted octanol–water partition coefficient (Wildman–Crippen LogP) is 3.59. The molecule has 114 valence electrons. The Morgan fingerprint density at radius 2 is 1.95 bits per heavy atom. The molecule has 2 heterocycles. The van der Waals surface area contributed by atoms with Crippen molar-refractivity contribution in [1.29, 1.82) is 0 Å². The minimum atomic E-state index is -4.78. The van der Waals surface area contributed by atoms with Gasteiger partial charge >= 0.3 is 6.36 Å². The molecule has 0 aliphatic rings. The third-order valence-corrected chi connectivity index (χ3v) is 2.82. The average Bonchev–Trinajstić information content (AvgIpc) is 2.88. The van der Waals surface area contributed by atoms with Gasteiger partial charge in [-0.25, -0.2) is 15.0 Å². The number of nitrogens with one attached hydrogen (secondary N) is 1. The summed E-state index contributed by atoms with van der Waals surface area (Å²) in [7, 11) is 0. The zero-order valence-electron chi connectivity index (χ0n) is 10.8. The molecule has 1 aromatic carbocycles. The number of hydrogen-bond donors (Lipinski definition) is 1. The summed E-state index contributed by atoms with van der Waals surface area (Å²) >= 11 is 0. The molecular weight excluding hydrogens is 304 g/mol. The van der Waals surface area contributed by atoms with E-state index in [2.05, 4.69) is 14.8 Å². The van der Waals surface area contributed by atoms with E-state index < -0.39 is 6.36 Å². The van der Waals surface area contributed by atoms with Crippen molar-refractivity contribution in [2.24, 2.45) is 0 Å². The van der Waals surface area contributed by atoms with Crippen molar-refractivity contribution < 1.29 is 22.4 Å². The molecule has 22 heavy (non-hydrogen) atoms. The standard InChI is InChI=1S/C13H8F4N4O/c14-13(15,16)22-9-3-1-2-8(6-9)10-7-18-12-5-4-11(19-17)20-21(10)12/h1-7H,(H,19,20). The summed E-state index contributed by atoms with van der Waals surface area (Å²) in [5.41, 5.74) is 2.63.